The molecule has 0 unspecified atom stereocenters. The molecule has 113 heavy (non-hydrogen) atoms. The van der Waals surface area contributed by atoms with Crippen LogP contribution < -0.4 is 0 Å². The highest BCUT2D eigenvalue weighted by Gasteiger charge is 2.08. The molecule has 0 aliphatic rings. The van der Waals surface area contributed by atoms with E-state index in [2.05, 4.69) is 297 Å². The summed E-state index contributed by atoms with van der Waals surface area (Å²) in [4.78, 5) is 5.27. The minimum absolute atomic E-state index is 0. The molecule has 3 N–H and O–H groups in total. The standard InChI is InChI=1S/C19H12O.2C13H14Si.C10H6.C9H7BrO.C9H8O.C8H5Br.C8H6.C5H10Si.CH4.S4.S3.S2.H2S/c20-16-19-14-12-18(13-15-19)11-5-2-1-4-8-17-9-6-3-7-10-17;2*1-14(2,3)12-8-7-11-13-9-5-4-6-10-13;1-2-3-7-10-8-5-4-6-9-10;10-6-5-8-1-3-9(7-11)4-2-8;1-2-8-3-5-9(7-10)6-4-8;9-7-6-8-4-2-1-3-5-8;1-2-8-6-4-3-5-7-8;1-5-6(2,3)4;;1-3-4-2;1-3-2;1-2;/h3,6-7,9-10,12-15,20H,16H2;2*4-6,9-10H,1-3H3;1,4-6,8-9H;1-4,11H,7H2;1,3-6,10H,7H2;1-5H;1,3-7H;1H,2-4H3;1H4;;;;1H2. The van der Waals surface area contributed by atoms with E-state index in [4.69, 9.17) is 41.0 Å². The Balaban J connectivity index is -0.000000387. The molecule has 0 aromatic heterocycles. The highest BCUT2D eigenvalue weighted by atomic mass is 79.9. The zero-order chi connectivity index (χ0) is 83.3. The summed E-state index contributed by atoms with van der Waals surface area (Å²) >= 11 is 30.3. The Bertz CT molecular complexity index is 5040. The van der Waals surface area contributed by atoms with Gasteiger partial charge in [-0.15, -0.1) is 42.3 Å². The van der Waals surface area contributed by atoms with Crippen molar-refractivity contribution in [3.05, 3.63) is 322 Å². The van der Waals surface area contributed by atoms with Gasteiger partial charge in [-0.05, 0) is 195 Å². The minimum atomic E-state index is -1.26. The molecule has 0 saturated heterocycles. The summed E-state index contributed by atoms with van der Waals surface area (Å²) in [6.07, 6.45) is 20.3. The van der Waals surface area contributed by atoms with E-state index < -0.39 is 24.2 Å². The Hall–Kier alpha value is -9.36. The van der Waals surface area contributed by atoms with Crippen molar-refractivity contribution in [1.82, 2.24) is 0 Å². The summed E-state index contributed by atoms with van der Waals surface area (Å²) in [7, 11) is -0.362. The van der Waals surface area contributed by atoms with Crippen LogP contribution in [-0.2, 0) is 114 Å². The number of benzene rings is 9. The number of halogens is 2. The number of hydrogen-bond donors (Lipinski definition) is 3. The molecule has 9 aromatic carbocycles. The topological polar surface area (TPSA) is 60.7 Å². The molecule has 0 spiro atoms. The van der Waals surface area contributed by atoms with Crippen LogP contribution in [0.3, 0.4) is 0 Å². The van der Waals surface area contributed by atoms with Gasteiger partial charge in [-0.2, -0.15) is 13.5 Å². The predicted molar refractivity (Wildman–Crippen MR) is 532 cm³/mol. The second-order valence-corrected chi connectivity index (χ2v) is 44.1. The zero-order valence-corrected chi connectivity index (χ0v) is 78.0. The van der Waals surface area contributed by atoms with Gasteiger partial charge in [0.2, 0.25) is 0 Å². The largest absolute Gasteiger partial charge is 0.392 e. The monoisotopic (exact) mass is 1840 g/mol. The number of rotatable bonds is 3. The molecule has 0 heterocycles. The third kappa shape index (κ3) is 75.1. The van der Waals surface area contributed by atoms with Crippen LogP contribution in [0.4, 0.5) is 0 Å². The van der Waals surface area contributed by atoms with Crippen molar-refractivity contribution in [1.29, 1.82) is 0 Å². The Kier molecular flexibility index (Phi) is 77.4. The van der Waals surface area contributed by atoms with Crippen molar-refractivity contribution in [2.45, 2.75) is 86.2 Å². The van der Waals surface area contributed by atoms with Crippen molar-refractivity contribution >= 4 is 163 Å². The molecule has 0 radical (unpaired) electrons. The SMILES string of the molecule is BrC#Cc1ccccc1.C.C#CC#Cc1ccccc1.C#C[Si](C)(C)C.C#Cc1ccc(CO)cc1.C#Cc1ccccc1.C[Si](C)(C)C#CC#Cc1ccccc1.C[Si](C)(C)C#CC#Cc1ccccc1.OCc1ccc(C#CBr)cc1.OCc1ccc(C#CC#CC#Cc2ccccc2)cc1.S.S=S.S=S=S.S=S=S=S. The quantitative estimate of drug-likeness (QED) is 0.119. The van der Waals surface area contributed by atoms with Crippen molar-refractivity contribution in [3.8, 4) is 164 Å². The van der Waals surface area contributed by atoms with Crippen molar-refractivity contribution < 1.29 is 15.3 Å². The van der Waals surface area contributed by atoms with E-state index in [1.165, 1.54) is 17.8 Å². The summed E-state index contributed by atoms with van der Waals surface area (Å²) in [5, 5.41) is 26.3. The van der Waals surface area contributed by atoms with Gasteiger partial charge in [0.15, 0.2) is 0 Å². The van der Waals surface area contributed by atoms with Crippen LogP contribution >= 0.6 is 45.4 Å². The van der Waals surface area contributed by atoms with E-state index in [1.807, 2.05) is 255 Å². The van der Waals surface area contributed by atoms with Gasteiger partial charge in [0.25, 0.3) is 0 Å². The smallest absolute Gasteiger partial charge is 0.130 e. The molecule has 572 valence electrons. The average Bonchev–Trinajstić information content (AvgIpc) is 0.927. The van der Waals surface area contributed by atoms with Crippen LogP contribution in [0, 0.1) is 164 Å². The number of aliphatic hydroxyl groups excluding tert-OH is 3. The van der Waals surface area contributed by atoms with Crippen LogP contribution in [0.15, 0.2) is 255 Å². The maximum absolute atomic E-state index is 8.92. The van der Waals surface area contributed by atoms with Gasteiger partial charge in [0.1, 0.15) is 24.2 Å². The third-order valence-electron chi connectivity index (χ3n) is 11.5. The second kappa shape index (κ2) is 77.9. The summed E-state index contributed by atoms with van der Waals surface area (Å²) in [6.45, 7) is 19.9. The molecule has 0 atom stereocenters. The third-order valence-corrected chi connectivity index (χ3v) is 16.8. The molecule has 0 aliphatic carbocycles. The van der Waals surface area contributed by atoms with Gasteiger partial charge >= 0.3 is 0 Å². The maximum atomic E-state index is 8.92. The molecule has 3 nitrogen and oxygen atoms in total. The van der Waals surface area contributed by atoms with Crippen LogP contribution in [0.5, 0.6) is 0 Å². The highest BCUT2D eigenvalue weighted by Crippen LogP contribution is 2.06. The van der Waals surface area contributed by atoms with E-state index in [9.17, 15) is 0 Å². The molecule has 0 saturated carbocycles. The van der Waals surface area contributed by atoms with Gasteiger partial charge in [0.05, 0.1) is 19.8 Å². The fourth-order valence-electron chi connectivity index (χ4n) is 6.37. The first kappa shape index (κ1) is 112. The second-order valence-electron chi connectivity index (χ2n) is 23.7. The summed E-state index contributed by atoms with van der Waals surface area (Å²) in [5.41, 5.74) is 20.4. The number of aliphatic hydroxyl groups is 3. The molecular weight excluding hydrogens is 1750 g/mol. The normalized spacial score (nSPS) is 8.05. The van der Waals surface area contributed by atoms with Gasteiger partial charge in [0, 0.05) is 176 Å². The highest BCUT2D eigenvalue weighted by molar-refractivity contribution is 9.12. The van der Waals surface area contributed by atoms with Gasteiger partial charge < -0.3 is 15.3 Å². The van der Waals surface area contributed by atoms with Gasteiger partial charge in [-0.1, -0.05) is 265 Å². The fraction of sp³-hybridized carbons (Fsp3) is 0.137. The van der Waals surface area contributed by atoms with Crippen LogP contribution in [0.2, 0.25) is 58.9 Å². The van der Waals surface area contributed by atoms with Crippen molar-refractivity contribution in [2.24, 2.45) is 0 Å². The lowest BCUT2D eigenvalue weighted by Crippen LogP contribution is -2.16. The first-order valence-electron chi connectivity index (χ1n) is 32.7. The fourth-order valence-corrected chi connectivity index (χ4v) is 7.70. The van der Waals surface area contributed by atoms with Gasteiger partial charge in [-0.3, -0.25) is 0 Å². The molecule has 0 aliphatic heterocycles. The lowest BCUT2D eigenvalue weighted by atomic mass is 10.1. The van der Waals surface area contributed by atoms with E-state index in [0.717, 1.165) is 75.6 Å². The van der Waals surface area contributed by atoms with Gasteiger partial charge in [-0.25, -0.2) is 0 Å². The Labute approximate surface area is 742 Å². The first-order valence-corrected chi connectivity index (χ1v) is 52.8. The maximum Gasteiger partial charge on any atom is 0.130 e. The zero-order valence-electron chi connectivity index (χ0n) is 63.5. The summed E-state index contributed by atoms with van der Waals surface area (Å²) in [5.74, 6) is 52.8. The molecule has 9 aromatic rings. The Morgan fingerprint density at radius 2 is 0.496 bits per heavy atom. The van der Waals surface area contributed by atoms with Crippen LogP contribution in [-0.4, -0.2) is 39.5 Å². The average molecular weight is 1840 g/mol. The van der Waals surface area contributed by atoms with E-state index in [1.54, 1.807) is 0 Å². The van der Waals surface area contributed by atoms with Crippen molar-refractivity contribution in [3.63, 3.8) is 0 Å². The number of terminal acetylenes is 4. The molecular formula is C95H88Br2O3S10Si3. The van der Waals surface area contributed by atoms with E-state index in [0.29, 0.717) is 0 Å². The predicted octanol–water partition coefficient (Wildman–Crippen LogP) is 19.4. The summed E-state index contributed by atoms with van der Waals surface area (Å²) < 4.78 is 0. The first-order chi connectivity index (χ1) is 53.4. The lowest BCUT2D eigenvalue weighted by molar-refractivity contribution is 0.281. The molecule has 18 heteroatoms. The lowest BCUT2D eigenvalue weighted by Gasteiger charge is -2.01. The van der Waals surface area contributed by atoms with Crippen molar-refractivity contribution in [2.75, 3.05) is 0 Å². The van der Waals surface area contributed by atoms with E-state index in [-0.39, 0.29) is 40.7 Å². The Morgan fingerprint density at radius 3 is 0.690 bits per heavy atom. The molecule has 0 bridgehead atoms. The summed E-state index contributed by atoms with van der Waals surface area (Å²) in [6, 6.07) is 80.7. The van der Waals surface area contributed by atoms with Crippen LogP contribution in [0.1, 0.15) is 74.2 Å². The van der Waals surface area contributed by atoms with E-state index >= 15 is 0 Å². The minimum Gasteiger partial charge on any atom is -0.392 e. The molecule has 9 rings (SSSR count). The molecule has 0 amide bonds. The number of hydrogen-bond acceptors (Lipinski definition) is 9. The molecule has 0 fully saturated rings. The Morgan fingerprint density at radius 1 is 0.301 bits per heavy atom. The van der Waals surface area contributed by atoms with Crippen LogP contribution in [0.25, 0.3) is 0 Å².